The number of aliphatic hydroxyl groups excluding tert-OH is 1. The summed E-state index contributed by atoms with van der Waals surface area (Å²) in [7, 11) is 0. The molecule has 2 rings (SSSR count). The van der Waals surface area contributed by atoms with Crippen molar-refractivity contribution in [2.45, 2.75) is 12.7 Å². The van der Waals surface area contributed by atoms with Crippen molar-refractivity contribution >= 4 is 15.9 Å². The minimum atomic E-state index is -0.840. The lowest BCUT2D eigenvalue weighted by molar-refractivity contribution is 0.000286. The molecule has 0 aliphatic carbocycles. The molecule has 0 bridgehead atoms. The molecule has 4 nitrogen and oxygen atoms in total. The number of ether oxygens (including phenoxy) is 2. The van der Waals surface area contributed by atoms with E-state index in [1.807, 2.05) is 0 Å². The van der Waals surface area contributed by atoms with Crippen molar-refractivity contribution in [1.29, 1.82) is 0 Å². The molecule has 6 heteroatoms. The quantitative estimate of drug-likeness (QED) is 0.838. The van der Waals surface area contributed by atoms with Crippen LogP contribution in [0.15, 0.2) is 45.5 Å². The molecule has 20 heavy (non-hydrogen) atoms. The highest BCUT2D eigenvalue weighted by Gasteiger charge is 2.09. The fourth-order valence-corrected chi connectivity index (χ4v) is 1.85. The van der Waals surface area contributed by atoms with Crippen molar-refractivity contribution in [2.24, 2.45) is 0 Å². The monoisotopic (exact) mass is 344 g/mol. The summed E-state index contributed by atoms with van der Waals surface area (Å²) in [5, 5.41) is 9.67. The minimum absolute atomic E-state index is 0.0449. The van der Waals surface area contributed by atoms with Crippen molar-refractivity contribution in [2.75, 3.05) is 13.2 Å². The highest BCUT2D eigenvalue weighted by Crippen LogP contribution is 2.21. The number of furan rings is 1. The molecular weight excluding hydrogens is 331 g/mol. The highest BCUT2D eigenvalue weighted by atomic mass is 79.9. The Kier molecular flexibility index (Phi) is 5.58. The van der Waals surface area contributed by atoms with Crippen LogP contribution in [0.25, 0.3) is 0 Å². The lowest BCUT2D eigenvalue weighted by Crippen LogP contribution is -2.23. The van der Waals surface area contributed by atoms with Crippen molar-refractivity contribution in [3.63, 3.8) is 0 Å². The van der Waals surface area contributed by atoms with Gasteiger partial charge in [-0.1, -0.05) is 15.9 Å². The largest absolute Gasteiger partial charge is 0.488 e. The molecule has 0 amide bonds. The zero-order valence-corrected chi connectivity index (χ0v) is 12.2. The average Bonchev–Trinajstić information content (AvgIpc) is 2.91. The lowest BCUT2D eigenvalue weighted by Gasteiger charge is -2.13. The Bertz CT molecular complexity index is 530. The van der Waals surface area contributed by atoms with Crippen LogP contribution in [0.3, 0.4) is 0 Å². The zero-order chi connectivity index (χ0) is 14.4. The van der Waals surface area contributed by atoms with Crippen LogP contribution in [0.2, 0.25) is 0 Å². The van der Waals surface area contributed by atoms with E-state index in [2.05, 4.69) is 15.9 Å². The molecular formula is C14H14BrFO4. The molecule has 2 aromatic rings. The van der Waals surface area contributed by atoms with Gasteiger partial charge in [0.05, 0.1) is 12.9 Å². The molecule has 0 saturated heterocycles. The van der Waals surface area contributed by atoms with Gasteiger partial charge in [-0.3, -0.25) is 0 Å². The first-order valence-electron chi connectivity index (χ1n) is 6.01. The third kappa shape index (κ3) is 4.63. The van der Waals surface area contributed by atoms with Crippen LogP contribution in [0.5, 0.6) is 5.75 Å². The van der Waals surface area contributed by atoms with E-state index in [0.29, 0.717) is 10.2 Å². The summed E-state index contributed by atoms with van der Waals surface area (Å²) in [6, 6.07) is 8.00. The molecule has 1 N–H and O–H groups in total. The van der Waals surface area contributed by atoms with Crippen LogP contribution < -0.4 is 4.74 Å². The van der Waals surface area contributed by atoms with Crippen LogP contribution in [-0.2, 0) is 11.3 Å². The fourth-order valence-electron chi connectivity index (χ4n) is 1.52. The van der Waals surface area contributed by atoms with Gasteiger partial charge in [0, 0.05) is 4.47 Å². The second kappa shape index (κ2) is 7.42. The van der Waals surface area contributed by atoms with Crippen molar-refractivity contribution < 1.29 is 23.4 Å². The van der Waals surface area contributed by atoms with Crippen LogP contribution in [0.1, 0.15) is 5.76 Å². The smallest absolute Gasteiger partial charge is 0.166 e. The molecule has 1 atom stereocenters. The maximum Gasteiger partial charge on any atom is 0.166 e. The average molecular weight is 345 g/mol. The molecule has 0 aliphatic heterocycles. The van der Waals surface area contributed by atoms with Crippen LogP contribution in [-0.4, -0.2) is 24.4 Å². The summed E-state index contributed by atoms with van der Waals surface area (Å²) in [6.45, 7) is 0.312. The van der Waals surface area contributed by atoms with Gasteiger partial charge >= 0.3 is 0 Å². The van der Waals surface area contributed by atoms with E-state index in [1.165, 1.54) is 12.1 Å². The molecule has 0 aliphatic rings. The molecule has 1 aromatic carbocycles. The number of benzene rings is 1. The summed E-state index contributed by atoms with van der Waals surface area (Å²) in [5.41, 5.74) is 0. The SMILES string of the molecule is OC(COCc1ccco1)COc1ccc(Br)cc1F. The summed E-state index contributed by atoms with van der Waals surface area (Å²) >= 11 is 3.16. The molecule has 1 unspecified atom stereocenters. The summed E-state index contributed by atoms with van der Waals surface area (Å²) in [4.78, 5) is 0. The maximum atomic E-state index is 13.5. The highest BCUT2D eigenvalue weighted by molar-refractivity contribution is 9.10. The topological polar surface area (TPSA) is 51.8 Å². The van der Waals surface area contributed by atoms with Crippen molar-refractivity contribution in [1.82, 2.24) is 0 Å². The van der Waals surface area contributed by atoms with E-state index in [-0.39, 0.29) is 25.6 Å². The van der Waals surface area contributed by atoms with Crippen LogP contribution in [0.4, 0.5) is 4.39 Å². The van der Waals surface area contributed by atoms with Crippen molar-refractivity contribution in [3.05, 3.63) is 52.6 Å². The number of rotatable bonds is 7. The lowest BCUT2D eigenvalue weighted by atomic mass is 10.3. The first-order chi connectivity index (χ1) is 9.65. The molecule has 0 radical (unpaired) electrons. The fraction of sp³-hybridized carbons (Fsp3) is 0.286. The van der Waals surface area contributed by atoms with Gasteiger partial charge in [-0.25, -0.2) is 4.39 Å². The Hall–Kier alpha value is -1.37. The molecule has 0 fully saturated rings. The van der Waals surface area contributed by atoms with E-state index in [9.17, 15) is 9.50 Å². The molecule has 108 valence electrons. The van der Waals surface area contributed by atoms with Gasteiger partial charge in [-0.15, -0.1) is 0 Å². The van der Waals surface area contributed by atoms with Gasteiger partial charge in [0.15, 0.2) is 11.6 Å². The zero-order valence-electron chi connectivity index (χ0n) is 10.6. The van der Waals surface area contributed by atoms with Gasteiger partial charge in [-0.2, -0.15) is 0 Å². The Morgan fingerprint density at radius 3 is 2.85 bits per heavy atom. The Morgan fingerprint density at radius 1 is 1.30 bits per heavy atom. The van der Waals surface area contributed by atoms with Gasteiger partial charge < -0.3 is 19.0 Å². The first kappa shape index (κ1) is 15.0. The maximum absolute atomic E-state index is 13.5. The predicted molar refractivity (Wildman–Crippen MR) is 74.0 cm³/mol. The van der Waals surface area contributed by atoms with Gasteiger partial charge in [0.2, 0.25) is 0 Å². The summed E-state index contributed by atoms with van der Waals surface area (Å²) in [6.07, 6.45) is 0.710. The molecule has 1 heterocycles. The van der Waals surface area contributed by atoms with E-state index >= 15 is 0 Å². The second-order valence-electron chi connectivity index (χ2n) is 4.13. The summed E-state index contributed by atoms with van der Waals surface area (Å²) < 4.78 is 29.6. The summed E-state index contributed by atoms with van der Waals surface area (Å²) in [5.74, 6) is 0.290. The number of hydrogen-bond donors (Lipinski definition) is 1. The molecule has 0 spiro atoms. The Balaban J connectivity index is 1.70. The van der Waals surface area contributed by atoms with E-state index in [1.54, 1.807) is 24.5 Å². The third-order valence-electron chi connectivity index (χ3n) is 2.46. The Labute approximate surface area is 124 Å². The van der Waals surface area contributed by atoms with Crippen LogP contribution in [0, 0.1) is 5.82 Å². The number of hydrogen-bond acceptors (Lipinski definition) is 4. The van der Waals surface area contributed by atoms with E-state index in [0.717, 1.165) is 0 Å². The van der Waals surface area contributed by atoms with Crippen molar-refractivity contribution in [3.8, 4) is 5.75 Å². The van der Waals surface area contributed by atoms with Gasteiger partial charge in [0.25, 0.3) is 0 Å². The first-order valence-corrected chi connectivity index (χ1v) is 6.80. The Morgan fingerprint density at radius 2 is 2.15 bits per heavy atom. The third-order valence-corrected chi connectivity index (χ3v) is 2.95. The van der Waals surface area contributed by atoms with Crippen LogP contribution >= 0.6 is 15.9 Å². The standard InChI is InChI=1S/C14H14BrFO4/c15-10-3-4-14(13(16)6-10)20-8-11(17)7-18-9-12-2-1-5-19-12/h1-6,11,17H,7-9H2. The number of aliphatic hydroxyl groups is 1. The predicted octanol–water partition coefficient (Wildman–Crippen LogP) is 3.14. The van der Waals surface area contributed by atoms with E-state index in [4.69, 9.17) is 13.9 Å². The molecule has 1 aromatic heterocycles. The van der Waals surface area contributed by atoms with E-state index < -0.39 is 11.9 Å². The number of halogens is 2. The normalized spacial score (nSPS) is 12.3. The van der Waals surface area contributed by atoms with Gasteiger partial charge in [0.1, 0.15) is 25.1 Å². The second-order valence-corrected chi connectivity index (χ2v) is 5.05. The van der Waals surface area contributed by atoms with Gasteiger partial charge in [-0.05, 0) is 30.3 Å². The molecule has 0 saturated carbocycles. The minimum Gasteiger partial charge on any atom is -0.488 e.